The average Bonchev–Trinajstić information content (AvgIpc) is 2.48. The summed E-state index contributed by atoms with van der Waals surface area (Å²) in [7, 11) is 0. The molecule has 1 aromatic rings. The Balaban J connectivity index is 1.75. The fraction of sp³-hybridized carbons (Fsp3) is 0.533. The zero-order chi connectivity index (χ0) is 13.5. The Hall–Kier alpha value is -1.89. The van der Waals surface area contributed by atoms with Crippen LogP contribution in [-0.2, 0) is 0 Å². The first-order valence-electron chi connectivity index (χ1n) is 6.94. The summed E-state index contributed by atoms with van der Waals surface area (Å²) < 4.78 is 0. The second-order valence-electron chi connectivity index (χ2n) is 5.09. The lowest BCUT2D eigenvalue weighted by atomic mass is 9.87. The lowest BCUT2D eigenvalue weighted by Gasteiger charge is -2.21. The number of amides is 1. The van der Waals surface area contributed by atoms with E-state index < -0.39 is 0 Å². The third-order valence-corrected chi connectivity index (χ3v) is 3.70. The molecule has 0 unspecified atom stereocenters. The van der Waals surface area contributed by atoms with Crippen molar-refractivity contribution in [2.45, 2.75) is 38.5 Å². The fourth-order valence-electron chi connectivity index (χ4n) is 2.56. The van der Waals surface area contributed by atoms with E-state index in [0.29, 0.717) is 11.3 Å². The highest BCUT2D eigenvalue weighted by molar-refractivity contribution is 5.93. The summed E-state index contributed by atoms with van der Waals surface area (Å²) >= 11 is 0. The molecule has 0 atom stereocenters. The van der Waals surface area contributed by atoms with E-state index in [-0.39, 0.29) is 5.91 Å². The van der Waals surface area contributed by atoms with E-state index in [1.54, 1.807) is 12.1 Å². The molecule has 1 heterocycles. The Morgan fingerprint density at radius 1 is 1.37 bits per heavy atom. The van der Waals surface area contributed by atoms with E-state index in [0.717, 1.165) is 18.9 Å². The van der Waals surface area contributed by atoms with Crippen LogP contribution in [0.4, 0.5) is 0 Å². The Labute approximate surface area is 113 Å². The molecule has 1 saturated carbocycles. The number of hydrogen-bond acceptors (Lipinski definition) is 3. The van der Waals surface area contributed by atoms with Crippen molar-refractivity contribution >= 4 is 5.91 Å². The highest BCUT2D eigenvalue weighted by atomic mass is 16.1. The van der Waals surface area contributed by atoms with Crippen LogP contribution in [-0.4, -0.2) is 17.4 Å². The number of nitriles is 1. The monoisotopic (exact) mass is 257 g/mol. The summed E-state index contributed by atoms with van der Waals surface area (Å²) in [5, 5.41) is 11.6. The number of nitrogens with zero attached hydrogens (tertiary/aromatic N) is 2. The zero-order valence-corrected chi connectivity index (χ0v) is 11.1. The number of carbonyl (C=O) groups excluding carboxylic acids is 1. The van der Waals surface area contributed by atoms with Gasteiger partial charge in [0.1, 0.15) is 11.8 Å². The molecule has 0 spiro atoms. The van der Waals surface area contributed by atoms with Crippen LogP contribution in [0.15, 0.2) is 18.3 Å². The van der Waals surface area contributed by atoms with Gasteiger partial charge in [0.05, 0.1) is 5.56 Å². The molecule has 0 aromatic carbocycles. The highest BCUT2D eigenvalue weighted by Gasteiger charge is 2.13. The van der Waals surface area contributed by atoms with Gasteiger partial charge in [-0.1, -0.05) is 32.1 Å². The van der Waals surface area contributed by atoms with Gasteiger partial charge in [-0.2, -0.15) is 5.26 Å². The molecular weight excluding hydrogens is 238 g/mol. The average molecular weight is 257 g/mol. The lowest BCUT2D eigenvalue weighted by Crippen LogP contribution is -2.26. The van der Waals surface area contributed by atoms with Crippen LogP contribution in [0.5, 0.6) is 0 Å². The van der Waals surface area contributed by atoms with Crippen molar-refractivity contribution in [2.75, 3.05) is 6.54 Å². The number of rotatable bonds is 4. The van der Waals surface area contributed by atoms with Gasteiger partial charge in [0, 0.05) is 12.7 Å². The maximum absolute atomic E-state index is 11.9. The minimum atomic E-state index is -0.104. The molecule has 1 aromatic heterocycles. The van der Waals surface area contributed by atoms with Gasteiger partial charge >= 0.3 is 0 Å². The molecule has 1 aliphatic rings. The minimum absolute atomic E-state index is 0.104. The molecule has 100 valence electrons. The normalized spacial score (nSPS) is 15.7. The van der Waals surface area contributed by atoms with Gasteiger partial charge in [0.15, 0.2) is 0 Å². The molecular formula is C15H19N3O. The molecule has 1 aliphatic carbocycles. The number of nitrogens with one attached hydrogen (secondary N) is 1. The van der Waals surface area contributed by atoms with Crippen LogP contribution in [0.25, 0.3) is 0 Å². The SMILES string of the molecule is N#Cc1ccc(C(=O)NCCC2CCCCC2)cn1. The quantitative estimate of drug-likeness (QED) is 0.901. The summed E-state index contributed by atoms with van der Waals surface area (Å²) in [5.74, 6) is 0.668. The number of aromatic nitrogens is 1. The molecule has 19 heavy (non-hydrogen) atoms. The molecule has 1 N–H and O–H groups in total. The number of pyridine rings is 1. The third kappa shape index (κ3) is 4.06. The van der Waals surface area contributed by atoms with Crippen LogP contribution in [0.1, 0.15) is 54.6 Å². The first-order chi connectivity index (χ1) is 9.29. The maximum atomic E-state index is 11.9. The Morgan fingerprint density at radius 3 is 2.79 bits per heavy atom. The van der Waals surface area contributed by atoms with Gasteiger partial charge in [0.25, 0.3) is 5.91 Å². The maximum Gasteiger partial charge on any atom is 0.252 e. The summed E-state index contributed by atoms with van der Waals surface area (Å²) in [6.07, 6.45) is 9.14. The van der Waals surface area contributed by atoms with E-state index in [9.17, 15) is 4.79 Å². The zero-order valence-electron chi connectivity index (χ0n) is 11.1. The topological polar surface area (TPSA) is 65.8 Å². The first-order valence-corrected chi connectivity index (χ1v) is 6.94. The van der Waals surface area contributed by atoms with Gasteiger partial charge in [-0.3, -0.25) is 4.79 Å². The minimum Gasteiger partial charge on any atom is -0.352 e. The second-order valence-corrected chi connectivity index (χ2v) is 5.09. The van der Waals surface area contributed by atoms with Gasteiger partial charge in [0.2, 0.25) is 0 Å². The predicted octanol–water partition coefficient (Wildman–Crippen LogP) is 2.65. The van der Waals surface area contributed by atoms with E-state index in [2.05, 4.69) is 10.3 Å². The summed E-state index contributed by atoms with van der Waals surface area (Å²) in [4.78, 5) is 15.7. The molecule has 1 fully saturated rings. The van der Waals surface area contributed by atoms with Gasteiger partial charge < -0.3 is 5.32 Å². The third-order valence-electron chi connectivity index (χ3n) is 3.70. The predicted molar refractivity (Wildman–Crippen MR) is 72.5 cm³/mol. The van der Waals surface area contributed by atoms with Crippen LogP contribution in [0.2, 0.25) is 0 Å². The van der Waals surface area contributed by atoms with E-state index >= 15 is 0 Å². The second kappa shape index (κ2) is 6.89. The summed E-state index contributed by atoms with van der Waals surface area (Å²) in [6.45, 7) is 0.726. The van der Waals surface area contributed by atoms with Crippen LogP contribution < -0.4 is 5.32 Å². The summed E-state index contributed by atoms with van der Waals surface area (Å²) in [5.41, 5.74) is 0.849. The van der Waals surface area contributed by atoms with Gasteiger partial charge in [-0.25, -0.2) is 4.98 Å². The molecule has 0 aliphatic heterocycles. The number of carbonyl (C=O) groups is 1. The highest BCUT2D eigenvalue weighted by Crippen LogP contribution is 2.25. The Bertz CT molecular complexity index is 455. The van der Waals surface area contributed by atoms with Gasteiger partial charge in [-0.15, -0.1) is 0 Å². The molecule has 4 nitrogen and oxygen atoms in total. The Morgan fingerprint density at radius 2 is 2.16 bits per heavy atom. The fourth-order valence-corrected chi connectivity index (χ4v) is 2.56. The van der Waals surface area contributed by atoms with Crippen LogP contribution >= 0.6 is 0 Å². The first kappa shape index (κ1) is 13.5. The Kier molecular flexibility index (Phi) is 4.91. The lowest BCUT2D eigenvalue weighted by molar-refractivity contribution is 0.0950. The summed E-state index contributed by atoms with van der Waals surface area (Å²) in [6, 6.07) is 5.14. The van der Waals surface area contributed by atoms with Gasteiger partial charge in [-0.05, 0) is 24.5 Å². The molecule has 1 amide bonds. The van der Waals surface area contributed by atoms with Crippen molar-refractivity contribution in [1.29, 1.82) is 5.26 Å². The van der Waals surface area contributed by atoms with Crippen molar-refractivity contribution in [3.8, 4) is 6.07 Å². The number of hydrogen-bond donors (Lipinski definition) is 1. The van der Waals surface area contributed by atoms with E-state index in [1.807, 2.05) is 6.07 Å². The van der Waals surface area contributed by atoms with Crippen LogP contribution in [0, 0.1) is 17.2 Å². The van der Waals surface area contributed by atoms with Crippen molar-refractivity contribution in [3.63, 3.8) is 0 Å². The standard InChI is InChI=1S/C15H19N3O/c16-10-14-7-6-13(11-18-14)15(19)17-9-8-12-4-2-1-3-5-12/h6-7,11-12H,1-5,8-9H2,(H,17,19). The van der Waals surface area contributed by atoms with Crippen molar-refractivity contribution < 1.29 is 4.79 Å². The van der Waals surface area contributed by atoms with E-state index in [4.69, 9.17) is 5.26 Å². The van der Waals surface area contributed by atoms with E-state index in [1.165, 1.54) is 38.3 Å². The molecule has 4 heteroatoms. The molecule has 0 saturated heterocycles. The van der Waals surface area contributed by atoms with Crippen molar-refractivity contribution in [3.05, 3.63) is 29.6 Å². The van der Waals surface area contributed by atoms with Crippen LogP contribution in [0.3, 0.4) is 0 Å². The molecule has 2 rings (SSSR count). The smallest absolute Gasteiger partial charge is 0.252 e. The largest absolute Gasteiger partial charge is 0.352 e. The van der Waals surface area contributed by atoms with Crippen molar-refractivity contribution in [2.24, 2.45) is 5.92 Å². The molecule has 0 bridgehead atoms. The van der Waals surface area contributed by atoms with Crippen molar-refractivity contribution in [1.82, 2.24) is 10.3 Å². The molecule has 0 radical (unpaired) electrons.